The van der Waals surface area contributed by atoms with Gasteiger partial charge in [0.1, 0.15) is 10.6 Å². The smallest absolute Gasteiger partial charge is 0.246 e. The lowest BCUT2D eigenvalue weighted by molar-refractivity contribution is -0.0964. The van der Waals surface area contributed by atoms with Crippen molar-refractivity contribution >= 4 is 10.0 Å². The third kappa shape index (κ3) is 2.99. The minimum Gasteiger partial charge on any atom is -0.495 e. The number of rotatable bonds is 4. The molecule has 5 nitrogen and oxygen atoms in total. The fourth-order valence-electron chi connectivity index (χ4n) is 6.98. The molecule has 1 aromatic rings. The summed E-state index contributed by atoms with van der Waals surface area (Å²) in [6.07, 6.45) is 8.37. The van der Waals surface area contributed by atoms with Crippen LogP contribution in [0.2, 0.25) is 0 Å². The summed E-state index contributed by atoms with van der Waals surface area (Å²) in [6, 6.07) is 5.39. The number of sulfonamides is 1. The van der Waals surface area contributed by atoms with Gasteiger partial charge >= 0.3 is 0 Å². The lowest BCUT2D eigenvalue weighted by atomic mass is 9.52. The van der Waals surface area contributed by atoms with Crippen molar-refractivity contribution < 1.29 is 13.2 Å². The Morgan fingerprint density at radius 3 is 2.07 bits per heavy atom. The van der Waals surface area contributed by atoms with Crippen LogP contribution in [0.3, 0.4) is 0 Å². The molecule has 0 atom stereocenters. The van der Waals surface area contributed by atoms with E-state index in [-0.39, 0.29) is 0 Å². The van der Waals surface area contributed by atoms with E-state index in [2.05, 4.69) is 4.90 Å². The van der Waals surface area contributed by atoms with Crippen LogP contribution in [-0.4, -0.2) is 56.5 Å². The van der Waals surface area contributed by atoms with Crippen molar-refractivity contribution in [3.8, 4) is 5.75 Å². The van der Waals surface area contributed by atoms with Crippen molar-refractivity contribution in [2.24, 2.45) is 17.8 Å². The summed E-state index contributed by atoms with van der Waals surface area (Å²) in [5.41, 5.74) is 1.30. The molecule has 5 aliphatic rings. The lowest BCUT2D eigenvalue weighted by Crippen LogP contribution is -2.64. The van der Waals surface area contributed by atoms with Gasteiger partial charge in [0.05, 0.1) is 7.11 Å². The monoisotopic (exact) mass is 404 g/mol. The van der Waals surface area contributed by atoms with Crippen LogP contribution in [0, 0.1) is 24.7 Å². The molecule has 6 rings (SSSR count). The molecule has 4 aliphatic carbocycles. The largest absolute Gasteiger partial charge is 0.495 e. The van der Waals surface area contributed by atoms with Crippen LogP contribution in [0.5, 0.6) is 5.75 Å². The fraction of sp³-hybridized carbons (Fsp3) is 0.727. The summed E-state index contributed by atoms with van der Waals surface area (Å²) in [5, 5.41) is 0. The van der Waals surface area contributed by atoms with Gasteiger partial charge in [-0.2, -0.15) is 4.31 Å². The Bertz CT molecular complexity index is 823. The molecule has 0 aromatic heterocycles. The third-order valence-corrected chi connectivity index (χ3v) is 9.77. The number of hydrogen-bond acceptors (Lipinski definition) is 4. The lowest BCUT2D eigenvalue weighted by Gasteiger charge is -2.61. The Balaban J connectivity index is 1.33. The van der Waals surface area contributed by atoms with Crippen LogP contribution in [0.1, 0.15) is 44.1 Å². The van der Waals surface area contributed by atoms with Crippen LogP contribution >= 0.6 is 0 Å². The first-order chi connectivity index (χ1) is 13.4. The van der Waals surface area contributed by atoms with Crippen LogP contribution in [0.4, 0.5) is 0 Å². The normalized spacial score (nSPS) is 36.0. The quantitative estimate of drug-likeness (QED) is 0.773. The maximum absolute atomic E-state index is 13.3. The first kappa shape index (κ1) is 18.9. The minimum atomic E-state index is -3.53. The minimum absolute atomic E-state index is 0.304. The summed E-state index contributed by atoms with van der Waals surface area (Å²) in [6.45, 7) is 4.81. The number of nitrogens with zero attached hydrogens (tertiary/aromatic N) is 2. The molecule has 1 aromatic carbocycles. The van der Waals surface area contributed by atoms with E-state index in [0.29, 0.717) is 29.3 Å². The molecule has 0 radical (unpaired) electrons. The molecule has 1 aliphatic heterocycles. The summed E-state index contributed by atoms with van der Waals surface area (Å²) in [7, 11) is -1.99. The molecule has 0 N–H and O–H groups in total. The van der Waals surface area contributed by atoms with E-state index < -0.39 is 10.0 Å². The topological polar surface area (TPSA) is 49.9 Å². The van der Waals surface area contributed by atoms with E-state index in [4.69, 9.17) is 4.74 Å². The molecule has 0 spiro atoms. The average Bonchev–Trinajstić information content (AvgIpc) is 2.67. The third-order valence-electron chi connectivity index (χ3n) is 7.85. The Kier molecular flexibility index (Phi) is 4.53. The predicted octanol–water partition coefficient (Wildman–Crippen LogP) is 3.28. The molecule has 0 amide bonds. The van der Waals surface area contributed by atoms with Gasteiger partial charge in [0.15, 0.2) is 0 Å². The molecule has 1 heterocycles. The molecule has 6 heteroatoms. The van der Waals surface area contributed by atoms with Crippen molar-refractivity contribution in [1.29, 1.82) is 0 Å². The summed E-state index contributed by atoms with van der Waals surface area (Å²) in [4.78, 5) is 2.97. The Hall–Kier alpha value is -1.11. The number of hydrogen-bond donors (Lipinski definition) is 0. The molecule has 28 heavy (non-hydrogen) atoms. The fourth-order valence-corrected chi connectivity index (χ4v) is 8.64. The second-order valence-corrected chi connectivity index (χ2v) is 11.6. The molecule has 4 bridgehead atoms. The number of ether oxygens (including phenoxy) is 1. The highest BCUT2D eigenvalue weighted by Gasteiger charge is 2.54. The standard InChI is InChI=1S/C22H32N2O3S/c1-16-3-4-20(27-2)21(9-16)28(25,26)24-7-5-23(6-8-24)22-13-17-10-18(14-22)12-19(11-17)15-22/h3-4,9,17-19H,5-8,10-15H2,1-2H3. The number of benzene rings is 1. The van der Waals surface area contributed by atoms with Gasteiger partial charge in [-0.05, 0) is 80.9 Å². The Labute approximate surface area is 169 Å². The number of piperazine rings is 1. The Morgan fingerprint density at radius 1 is 0.964 bits per heavy atom. The molecular weight excluding hydrogens is 372 g/mol. The van der Waals surface area contributed by atoms with Crippen molar-refractivity contribution in [1.82, 2.24) is 9.21 Å². The van der Waals surface area contributed by atoms with E-state index >= 15 is 0 Å². The van der Waals surface area contributed by atoms with E-state index in [1.165, 1.54) is 45.6 Å². The summed E-state index contributed by atoms with van der Waals surface area (Å²) in [5.74, 6) is 3.20. The van der Waals surface area contributed by atoms with Gasteiger partial charge in [0, 0.05) is 31.7 Å². The van der Waals surface area contributed by atoms with Gasteiger partial charge in [0.2, 0.25) is 10.0 Å². The number of aryl methyl sites for hydroxylation is 1. The first-order valence-corrected chi connectivity index (χ1v) is 12.2. The van der Waals surface area contributed by atoms with E-state index in [1.807, 2.05) is 13.0 Å². The van der Waals surface area contributed by atoms with Gasteiger partial charge < -0.3 is 4.74 Å². The van der Waals surface area contributed by atoms with Crippen molar-refractivity contribution in [3.05, 3.63) is 23.8 Å². The van der Waals surface area contributed by atoms with Gasteiger partial charge in [-0.15, -0.1) is 0 Å². The van der Waals surface area contributed by atoms with E-state index in [0.717, 1.165) is 36.4 Å². The van der Waals surface area contributed by atoms with Crippen molar-refractivity contribution in [2.45, 2.75) is 55.9 Å². The highest BCUT2D eigenvalue weighted by atomic mass is 32.2. The van der Waals surface area contributed by atoms with Gasteiger partial charge in [0.25, 0.3) is 0 Å². The zero-order valence-electron chi connectivity index (χ0n) is 17.1. The Morgan fingerprint density at radius 2 is 1.54 bits per heavy atom. The zero-order valence-corrected chi connectivity index (χ0v) is 17.9. The molecule has 154 valence electrons. The zero-order chi connectivity index (χ0) is 19.5. The van der Waals surface area contributed by atoms with Crippen LogP contribution in [0.25, 0.3) is 0 Å². The number of methoxy groups -OCH3 is 1. The molecule has 0 unspecified atom stereocenters. The van der Waals surface area contributed by atoms with Crippen molar-refractivity contribution in [3.63, 3.8) is 0 Å². The van der Waals surface area contributed by atoms with Gasteiger partial charge in [-0.3, -0.25) is 4.90 Å². The maximum atomic E-state index is 13.3. The molecule has 5 fully saturated rings. The molecule has 4 saturated carbocycles. The highest BCUT2D eigenvalue weighted by molar-refractivity contribution is 7.89. The summed E-state index contributed by atoms with van der Waals surface area (Å²) < 4.78 is 33.6. The molecular formula is C22H32N2O3S. The van der Waals surface area contributed by atoms with Crippen molar-refractivity contribution in [2.75, 3.05) is 33.3 Å². The average molecular weight is 405 g/mol. The summed E-state index contributed by atoms with van der Waals surface area (Å²) >= 11 is 0. The van der Waals surface area contributed by atoms with Gasteiger partial charge in [-0.1, -0.05) is 6.07 Å². The highest BCUT2D eigenvalue weighted by Crippen LogP contribution is 2.57. The van der Waals surface area contributed by atoms with Crippen LogP contribution in [-0.2, 0) is 10.0 Å². The predicted molar refractivity (Wildman–Crippen MR) is 109 cm³/mol. The van der Waals surface area contributed by atoms with Crippen LogP contribution < -0.4 is 4.74 Å². The maximum Gasteiger partial charge on any atom is 0.246 e. The molecule has 1 saturated heterocycles. The SMILES string of the molecule is COc1ccc(C)cc1S(=O)(=O)N1CCN(C23CC4CC(CC(C4)C2)C3)CC1. The van der Waals surface area contributed by atoms with E-state index in [9.17, 15) is 8.42 Å². The second-order valence-electron chi connectivity index (χ2n) is 9.69. The first-order valence-electron chi connectivity index (χ1n) is 10.8. The second kappa shape index (κ2) is 6.71. The van der Waals surface area contributed by atoms with Crippen LogP contribution in [0.15, 0.2) is 23.1 Å². The van der Waals surface area contributed by atoms with Gasteiger partial charge in [-0.25, -0.2) is 8.42 Å². The van der Waals surface area contributed by atoms with E-state index in [1.54, 1.807) is 16.4 Å².